The van der Waals surface area contributed by atoms with E-state index in [9.17, 15) is 0 Å². The molecule has 2 aliphatic rings. The number of rotatable bonds is 14. The SMILES string of the molecule is CCCCC(CCCC)(C1(CC)c2cc(-c3ccccc3)ccc2-c2ccc(-c3ccccc3)cc21)C1(CC)c2cc(-c3ccccc3)ccc2-c2ccc(-c3ccccc3)cc21. The Morgan fingerprint density at radius 2 is 0.556 bits per heavy atom. The van der Waals surface area contributed by atoms with Gasteiger partial charge >= 0.3 is 0 Å². The molecule has 312 valence electrons. The molecule has 0 N–H and O–H groups in total. The highest BCUT2D eigenvalue weighted by molar-refractivity contribution is 5.90. The smallest absolute Gasteiger partial charge is 0.0281 e. The van der Waals surface area contributed by atoms with Crippen LogP contribution in [0, 0.1) is 5.41 Å². The molecule has 0 bridgehead atoms. The van der Waals surface area contributed by atoms with Crippen LogP contribution < -0.4 is 0 Å². The quantitative estimate of drug-likeness (QED) is 0.103. The van der Waals surface area contributed by atoms with Crippen molar-refractivity contribution < 1.29 is 0 Å². The van der Waals surface area contributed by atoms with E-state index in [1.165, 1.54) is 89.0 Å². The van der Waals surface area contributed by atoms with Crippen molar-refractivity contribution in [3.63, 3.8) is 0 Å². The van der Waals surface area contributed by atoms with E-state index in [-0.39, 0.29) is 16.2 Å². The third-order valence-corrected chi connectivity index (χ3v) is 15.5. The first-order valence-corrected chi connectivity index (χ1v) is 23.8. The molecule has 0 unspecified atom stereocenters. The second kappa shape index (κ2) is 16.8. The lowest BCUT2D eigenvalue weighted by atomic mass is 9.41. The van der Waals surface area contributed by atoms with Gasteiger partial charge in [-0.2, -0.15) is 0 Å². The molecule has 0 amide bonds. The van der Waals surface area contributed by atoms with Gasteiger partial charge in [0.05, 0.1) is 0 Å². The molecule has 0 heterocycles. The van der Waals surface area contributed by atoms with E-state index in [1.54, 1.807) is 0 Å². The summed E-state index contributed by atoms with van der Waals surface area (Å²) in [6, 6.07) is 74.5. The number of hydrogen-bond donors (Lipinski definition) is 0. The van der Waals surface area contributed by atoms with E-state index >= 15 is 0 Å². The highest BCUT2D eigenvalue weighted by Crippen LogP contribution is 2.74. The van der Waals surface area contributed by atoms with Crippen LogP contribution in [0.2, 0.25) is 0 Å². The molecule has 0 heteroatoms. The summed E-state index contributed by atoms with van der Waals surface area (Å²) in [7, 11) is 0. The minimum Gasteiger partial charge on any atom is -0.0654 e. The van der Waals surface area contributed by atoms with E-state index < -0.39 is 0 Å². The van der Waals surface area contributed by atoms with Crippen LogP contribution in [0.15, 0.2) is 194 Å². The summed E-state index contributed by atoms with van der Waals surface area (Å²) in [6.45, 7) is 9.90. The van der Waals surface area contributed by atoms with Crippen LogP contribution in [-0.4, -0.2) is 0 Å². The van der Waals surface area contributed by atoms with Crippen LogP contribution in [0.1, 0.15) is 101 Å². The van der Waals surface area contributed by atoms with Gasteiger partial charge in [0.1, 0.15) is 0 Å². The normalized spacial score (nSPS) is 14.2. The van der Waals surface area contributed by atoms with Crippen molar-refractivity contribution in [3.8, 4) is 66.8 Å². The lowest BCUT2D eigenvalue weighted by Crippen LogP contribution is -2.58. The highest BCUT2D eigenvalue weighted by Gasteiger charge is 2.67. The molecular formula is C63H60. The molecule has 0 nitrogen and oxygen atoms in total. The van der Waals surface area contributed by atoms with E-state index in [2.05, 4.69) is 222 Å². The van der Waals surface area contributed by atoms with Gasteiger partial charge in [0, 0.05) is 10.8 Å². The first-order chi connectivity index (χ1) is 31.0. The first-order valence-electron chi connectivity index (χ1n) is 23.8. The predicted octanol–water partition coefficient (Wildman–Crippen LogP) is 17.8. The minimum atomic E-state index is -0.321. The molecule has 0 atom stereocenters. The maximum atomic E-state index is 2.64. The second-order valence-corrected chi connectivity index (χ2v) is 18.3. The Morgan fingerprint density at radius 1 is 0.302 bits per heavy atom. The van der Waals surface area contributed by atoms with Crippen molar-refractivity contribution in [1.82, 2.24) is 0 Å². The molecule has 0 spiro atoms. The molecular weight excluding hydrogens is 757 g/mol. The predicted molar refractivity (Wildman–Crippen MR) is 269 cm³/mol. The van der Waals surface area contributed by atoms with E-state index in [4.69, 9.17) is 0 Å². The van der Waals surface area contributed by atoms with Crippen LogP contribution in [0.25, 0.3) is 66.8 Å². The molecule has 0 saturated carbocycles. The van der Waals surface area contributed by atoms with Gasteiger partial charge in [0.15, 0.2) is 0 Å². The third-order valence-electron chi connectivity index (χ3n) is 15.5. The summed E-state index contributed by atoms with van der Waals surface area (Å²) < 4.78 is 0. The lowest BCUT2D eigenvalue weighted by molar-refractivity contribution is 0.0256. The molecule has 0 saturated heterocycles. The largest absolute Gasteiger partial charge is 0.0654 e. The molecule has 10 rings (SSSR count). The average Bonchev–Trinajstić information content (AvgIpc) is 3.81. The van der Waals surface area contributed by atoms with Crippen molar-refractivity contribution in [2.45, 2.75) is 89.9 Å². The number of unbranched alkanes of at least 4 members (excludes halogenated alkanes) is 2. The van der Waals surface area contributed by atoms with E-state index in [0.717, 1.165) is 51.4 Å². The molecule has 0 fully saturated rings. The summed E-state index contributed by atoms with van der Waals surface area (Å²) in [5.41, 5.74) is 21.2. The fraction of sp³-hybridized carbons (Fsp3) is 0.238. The Morgan fingerprint density at radius 3 is 0.778 bits per heavy atom. The maximum Gasteiger partial charge on any atom is 0.0281 e. The van der Waals surface area contributed by atoms with Gasteiger partial charge in [-0.25, -0.2) is 0 Å². The van der Waals surface area contributed by atoms with Crippen LogP contribution in [0.3, 0.4) is 0 Å². The van der Waals surface area contributed by atoms with Crippen LogP contribution in [0.4, 0.5) is 0 Å². The van der Waals surface area contributed by atoms with E-state index in [0.29, 0.717) is 0 Å². The first kappa shape index (κ1) is 40.8. The zero-order valence-electron chi connectivity index (χ0n) is 37.6. The lowest BCUT2D eigenvalue weighted by Gasteiger charge is -2.61. The van der Waals surface area contributed by atoms with Crippen molar-refractivity contribution in [2.75, 3.05) is 0 Å². The Kier molecular flexibility index (Phi) is 10.9. The summed E-state index contributed by atoms with van der Waals surface area (Å²) in [5, 5.41) is 0. The zero-order chi connectivity index (χ0) is 43.0. The second-order valence-electron chi connectivity index (χ2n) is 18.3. The number of fused-ring (bicyclic) bond motifs is 6. The molecule has 63 heavy (non-hydrogen) atoms. The van der Waals surface area contributed by atoms with Gasteiger partial charge in [-0.05, 0) is 144 Å². The number of benzene rings is 8. The van der Waals surface area contributed by atoms with Crippen molar-refractivity contribution in [3.05, 3.63) is 216 Å². The fourth-order valence-electron chi connectivity index (χ4n) is 12.8. The van der Waals surface area contributed by atoms with Gasteiger partial charge in [0.2, 0.25) is 0 Å². The zero-order valence-corrected chi connectivity index (χ0v) is 37.6. The van der Waals surface area contributed by atoms with Crippen molar-refractivity contribution in [1.29, 1.82) is 0 Å². The standard InChI is InChI=1S/C63H60/c1-5-9-39-61(40-10-6-2,62(7-3)57-41-49(45-23-15-11-16-24-45)31-35-53(57)54-36-32-50(42-58(54)62)46-25-17-12-18-26-46)63(8-4)59-43-51(47-27-19-13-20-28-47)33-37-55(59)56-38-34-52(44-60(56)63)48-29-21-14-22-30-48/h11-38,41-44H,5-10,39-40H2,1-4H3. The highest BCUT2D eigenvalue weighted by atomic mass is 14.7. The van der Waals surface area contributed by atoms with Gasteiger partial charge in [-0.3, -0.25) is 0 Å². The van der Waals surface area contributed by atoms with Gasteiger partial charge in [-0.1, -0.05) is 223 Å². The summed E-state index contributed by atoms with van der Waals surface area (Å²) in [6.07, 6.45) is 8.87. The monoisotopic (exact) mass is 816 g/mol. The summed E-state index contributed by atoms with van der Waals surface area (Å²) in [5.74, 6) is 0. The summed E-state index contributed by atoms with van der Waals surface area (Å²) in [4.78, 5) is 0. The topological polar surface area (TPSA) is 0 Å². The molecule has 8 aromatic carbocycles. The van der Waals surface area contributed by atoms with Crippen LogP contribution in [-0.2, 0) is 10.8 Å². The van der Waals surface area contributed by atoms with E-state index in [1.807, 2.05) is 0 Å². The molecule has 8 aromatic rings. The fourth-order valence-corrected chi connectivity index (χ4v) is 12.8. The Hall–Kier alpha value is -6.24. The number of hydrogen-bond acceptors (Lipinski definition) is 0. The van der Waals surface area contributed by atoms with Crippen molar-refractivity contribution >= 4 is 0 Å². The maximum absolute atomic E-state index is 2.64. The Bertz CT molecular complexity index is 2490. The molecule has 2 aliphatic carbocycles. The molecule has 0 radical (unpaired) electrons. The Balaban J connectivity index is 1.37. The van der Waals surface area contributed by atoms with Crippen LogP contribution >= 0.6 is 0 Å². The van der Waals surface area contributed by atoms with Crippen molar-refractivity contribution in [2.24, 2.45) is 5.41 Å². The molecule has 0 aliphatic heterocycles. The Labute approximate surface area is 376 Å². The minimum absolute atomic E-state index is 0.217. The van der Waals surface area contributed by atoms with Crippen LogP contribution in [0.5, 0.6) is 0 Å². The van der Waals surface area contributed by atoms with Gasteiger partial charge in [-0.15, -0.1) is 0 Å². The van der Waals surface area contributed by atoms with Gasteiger partial charge < -0.3 is 0 Å². The van der Waals surface area contributed by atoms with Gasteiger partial charge in [0.25, 0.3) is 0 Å². The molecule has 0 aromatic heterocycles. The summed E-state index contributed by atoms with van der Waals surface area (Å²) >= 11 is 0. The third kappa shape index (κ3) is 6.31. The average molecular weight is 817 g/mol.